The third kappa shape index (κ3) is 3.09. The first-order chi connectivity index (χ1) is 13.5. The second kappa shape index (κ2) is 8.14. The number of carbonyl (C=O) groups excluding carboxylic acids is 3. The number of rotatable bonds is 5. The van der Waals surface area contributed by atoms with Gasteiger partial charge in [-0.25, -0.2) is 4.79 Å². The average Bonchev–Trinajstić information content (AvgIpc) is 3.31. The fourth-order valence-electron chi connectivity index (χ4n) is 4.64. The van der Waals surface area contributed by atoms with Crippen LogP contribution in [0.2, 0.25) is 0 Å². The first-order valence-corrected chi connectivity index (χ1v) is 9.26. The molecule has 0 amide bonds. The number of hydrogen-bond acceptors (Lipinski definition) is 7. The summed E-state index contributed by atoms with van der Waals surface area (Å²) in [6.07, 6.45) is 4.95. The van der Waals surface area contributed by atoms with Crippen molar-refractivity contribution in [3.05, 3.63) is 42.0 Å². The molecule has 0 saturated carbocycles. The van der Waals surface area contributed by atoms with Crippen molar-refractivity contribution in [3.63, 3.8) is 0 Å². The molecule has 1 aromatic carbocycles. The van der Waals surface area contributed by atoms with Crippen LogP contribution in [0, 0.1) is 11.8 Å². The van der Waals surface area contributed by atoms with E-state index in [0.717, 1.165) is 12.0 Å². The highest BCUT2D eigenvalue weighted by molar-refractivity contribution is 5.96. The van der Waals surface area contributed by atoms with Gasteiger partial charge in [0.2, 0.25) is 0 Å². The predicted molar refractivity (Wildman–Crippen MR) is 101 cm³/mol. The summed E-state index contributed by atoms with van der Waals surface area (Å²) in [6, 6.07) is 9.14. The Labute approximate surface area is 164 Å². The lowest BCUT2D eigenvalue weighted by molar-refractivity contribution is -0.164. The van der Waals surface area contributed by atoms with Gasteiger partial charge in [-0.1, -0.05) is 42.5 Å². The molecule has 0 bridgehead atoms. The topological polar surface area (TPSA) is 82.1 Å². The van der Waals surface area contributed by atoms with Crippen molar-refractivity contribution in [2.75, 3.05) is 27.9 Å². The lowest BCUT2D eigenvalue weighted by Gasteiger charge is -2.35. The van der Waals surface area contributed by atoms with Crippen molar-refractivity contribution in [1.82, 2.24) is 4.90 Å². The van der Waals surface area contributed by atoms with Crippen molar-refractivity contribution < 1.29 is 28.6 Å². The molecule has 28 heavy (non-hydrogen) atoms. The molecule has 150 valence electrons. The lowest BCUT2D eigenvalue weighted by atomic mass is 9.76. The van der Waals surface area contributed by atoms with Crippen LogP contribution < -0.4 is 0 Å². The van der Waals surface area contributed by atoms with E-state index in [1.165, 1.54) is 21.3 Å². The zero-order valence-corrected chi connectivity index (χ0v) is 16.3. The standard InChI is InChI=1S/C21H25NO6/c1-26-18(23)16-15-10-7-13-22(15)21(20(25)28-3,17(16)19(24)27-2)12-11-14-8-5-4-6-9-14/h4-6,8-9,11-12,15-17H,7,10,13H2,1-3H3/b12-11+/t15-,16+,17+,21+/m0/s1. The second-order valence-corrected chi connectivity index (χ2v) is 7.01. The van der Waals surface area contributed by atoms with Crippen LogP contribution in [0.3, 0.4) is 0 Å². The van der Waals surface area contributed by atoms with Gasteiger partial charge in [0.05, 0.1) is 27.2 Å². The molecule has 3 rings (SSSR count). The Hall–Kier alpha value is -2.67. The second-order valence-electron chi connectivity index (χ2n) is 7.01. The van der Waals surface area contributed by atoms with Crippen LogP contribution in [0.15, 0.2) is 36.4 Å². The molecule has 0 unspecified atom stereocenters. The van der Waals surface area contributed by atoms with Gasteiger partial charge in [-0.15, -0.1) is 0 Å². The Balaban J connectivity index is 2.18. The maximum absolute atomic E-state index is 13.1. The molecule has 2 aliphatic rings. The molecule has 0 aromatic heterocycles. The number of fused-ring (bicyclic) bond motifs is 1. The minimum absolute atomic E-state index is 0.295. The maximum Gasteiger partial charge on any atom is 0.331 e. The number of carbonyl (C=O) groups is 3. The Morgan fingerprint density at radius 2 is 1.71 bits per heavy atom. The van der Waals surface area contributed by atoms with Crippen LogP contribution in [-0.2, 0) is 28.6 Å². The third-order valence-electron chi connectivity index (χ3n) is 5.79. The molecule has 7 nitrogen and oxygen atoms in total. The highest BCUT2D eigenvalue weighted by atomic mass is 16.5. The number of esters is 3. The van der Waals surface area contributed by atoms with E-state index in [4.69, 9.17) is 14.2 Å². The van der Waals surface area contributed by atoms with E-state index in [2.05, 4.69) is 0 Å². The number of hydrogen-bond donors (Lipinski definition) is 0. The highest BCUT2D eigenvalue weighted by Gasteiger charge is 2.68. The number of nitrogens with zero attached hydrogens (tertiary/aromatic N) is 1. The van der Waals surface area contributed by atoms with Gasteiger partial charge in [-0.05, 0) is 24.9 Å². The van der Waals surface area contributed by atoms with Crippen LogP contribution in [0.25, 0.3) is 6.08 Å². The van der Waals surface area contributed by atoms with E-state index in [1.807, 2.05) is 35.2 Å². The summed E-state index contributed by atoms with van der Waals surface area (Å²) in [6.45, 7) is 0.569. The van der Waals surface area contributed by atoms with E-state index in [1.54, 1.807) is 12.2 Å². The van der Waals surface area contributed by atoms with E-state index in [9.17, 15) is 14.4 Å². The van der Waals surface area contributed by atoms with E-state index in [0.29, 0.717) is 13.0 Å². The normalized spacial score (nSPS) is 29.5. The molecular formula is C21H25NO6. The molecule has 2 aliphatic heterocycles. The summed E-state index contributed by atoms with van der Waals surface area (Å²) < 4.78 is 15.1. The smallest absolute Gasteiger partial charge is 0.331 e. The zero-order valence-electron chi connectivity index (χ0n) is 16.3. The largest absolute Gasteiger partial charge is 0.469 e. The molecular weight excluding hydrogens is 362 g/mol. The summed E-state index contributed by atoms with van der Waals surface area (Å²) in [5.74, 6) is -3.60. The van der Waals surface area contributed by atoms with Crippen LogP contribution >= 0.6 is 0 Å². The van der Waals surface area contributed by atoms with Gasteiger partial charge in [-0.3, -0.25) is 14.5 Å². The lowest BCUT2D eigenvalue weighted by Crippen LogP contribution is -2.56. The molecule has 0 aliphatic carbocycles. The van der Waals surface area contributed by atoms with Crippen LogP contribution in [-0.4, -0.2) is 62.3 Å². The van der Waals surface area contributed by atoms with Crippen molar-refractivity contribution in [1.29, 1.82) is 0 Å². The van der Waals surface area contributed by atoms with Gasteiger partial charge in [0.15, 0.2) is 5.54 Å². The van der Waals surface area contributed by atoms with Crippen molar-refractivity contribution in [2.45, 2.75) is 24.4 Å². The zero-order chi connectivity index (χ0) is 20.3. The minimum Gasteiger partial charge on any atom is -0.469 e. The van der Waals surface area contributed by atoms with Gasteiger partial charge in [0, 0.05) is 6.04 Å². The number of ether oxygens (including phenoxy) is 3. The quantitative estimate of drug-likeness (QED) is 0.561. The molecule has 0 N–H and O–H groups in total. The SMILES string of the molecule is COC(=O)[C@@H]1[C@@H]2CCCN2[C@@](/C=C/c2ccccc2)(C(=O)OC)[C@H]1C(=O)OC. The first kappa shape index (κ1) is 20.1. The van der Waals surface area contributed by atoms with Gasteiger partial charge in [-0.2, -0.15) is 0 Å². The molecule has 2 heterocycles. The van der Waals surface area contributed by atoms with Gasteiger partial charge in [0.1, 0.15) is 5.92 Å². The van der Waals surface area contributed by atoms with E-state index in [-0.39, 0.29) is 6.04 Å². The fourth-order valence-corrected chi connectivity index (χ4v) is 4.64. The van der Waals surface area contributed by atoms with E-state index >= 15 is 0 Å². The van der Waals surface area contributed by atoms with Gasteiger partial charge < -0.3 is 14.2 Å². The predicted octanol–water partition coefficient (Wildman–Crippen LogP) is 1.67. The molecule has 7 heteroatoms. The van der Waals surface area contributed by atoms with Crippen LogP contribution in [0.4, 0.5) is 0 Å². The maximum atomic E-state index is 13.1. The average molecular weight is 387 g/mol. The monoisotopic (exact) mass is 387 g/mol. The highest BCUT2D eigenvalue weighted by Crippen LogP contribution is 2.50. The van der Waals surface area contributed by atoms with Gasteiger partial charge in [0.25, 0.3) is 0 Å². The number of benzene rings is 1. The first-order valence-electron chi connectivity index (χ1n) is 9.26. The summed E-state index contributed by atoms with van der Waals surface area (Å²) >= 11 is 0. The minimum atomic E-state index is -1.43. The van der Waals surface area contributed by atoms with Crippen molar-refractivity contribution in [2.24, 2.45) is 11.8 Å². The van der Waals surface area contributed by atoms with Crippen LogP contribution in [0.1, 0.15) is 18.4 Å². The fraction of sp³-hybridized carbons (Fsp3) is 0.476. The summed E-state index contributed by atoms with van der Waals surface area (Å²) in [7, 11) is 3.82. The molecule has 4 atom stereocenters. The van der Waals surface area contributed by atoms with E-state index < -0.39 is 35.3 Å². The molecule has 0 radical (unpaired) electrons. The molecule has 2 fully saturated rings. The molecule has 0 spiro atoms. The third-order valence-corrected chi connectivity index (χ3v) is 5.79. The molecule has 1 aromatic rings. The Morgan fingerprint density at radius 3 is 2.32 bits per heavy atom. The summed E-state index contributed by atoms with van der Waals surface area (Å²) in [5, 5.41) is 0. The summed E-state index contributed by atoms with van der Waals surface area (Å²) in [5.41, 5.74) is -0.566. The van der Waals surface area contributed by atoms with Crippen LogP contribution in [0.5, 0.6) is 0 Å². The van der Waals surface area contributed by atoms with Crippen molar-refractivity contribution >= 4 is 24.0 Å². The van der Waals surface area contributed by atoms with Crippen molar-refractivity contribution in [3.8, 4) is 0 Å². The Morgan fingerprint density at radius 1 is 1.04 bits per heavy atom. The van der Waals surface area contributed by atoms with Gasteiger partial charge >= 0.3 is 17.9 Å². The summed E-state index contributed by atoms with van der Waals surface area (Å²) in [4.78, 5) is 40.5. The Kier molecular flexibility index (Phi) is 5.84. The molecule has 2 saturated heterocycles. The Bertz CT molecular complexity index is 776. The number of methoxy groups -OCH3 is 3.